The number of alkyl halides is 6. The third kappa shape index (κ3) is 7.31. The van der Waals surface area contributed by atoms with Crippen LogP contribution in [0.25, 0.3) is 11.1 Å². The van der Waals surface area contributed by atoms with Crippen molar-refractivity contribution in [2.75, 3.05) is 6.54 Å². The van der Waals surface area contributed by atoms with Crippen LogP contribution in [0.15, 0.2) is 72.8 Å². The highest BCUT2D eigenvalue weighted by Crippen LogP contribution is 2.45. The fourth-order valence-corrected chi connectivity index (χ4v) is 3.75. The molecule has 0 radical (unpaired) electrons. The normalized spacial score (nSPS) is 13.4. The molecular weight excluding hydrogens is 504 g/mol. The molecule has 0 aliphatic heterocycles. The van der Waals surface area contributed by atoms with Crippen LogP contribution in [0.4, 0.5) is 31.1 Å². The first kappa shape index (κ1) is 27.7. The Morgan fingerprint density at radius 1 is 0.838 bits per heavy atom. The van der Waals surface area contributed by atoms with E-state index in [1.165, 1.54) is 43.3 Å². The molecule has 37 heavy (non-hydrogen) atoms. The summed E-state index contributed by atoms with van der Waals surface area (Å²) in [6, 6.07) is 16.4. The maximum atomic E-state index is 13.3. The summed E-state index contributed by atoms with van der Waals surface area (Å²) in [5.41, 5.74) is -1.59. The summed E-state index contributed by atoms with van der Waals surface area (Å²) in [4.78, 5) is 12.7. The zero-order chi connectivity index (χ0) is 27.3. The van der Waals surface area contributed by atoms with Crippen molar-refractivity contribution in [3.8, 4) is 22.6 Å². The summed E-state index contributed by atoms with van der Waals surface area (Å²) in [7, 11) is 0. The minimum Gasteiger partial charge on any atom is -0.433 e. The lowest BCUT2D eigenvalue weighted by molar-refractivity contribution is -0.275. The number of amides is 1. The number of halogens is 6. The second kappa shape index (κ2) is 11.0. The van der Waals surface area contributed by atoms with Gasteiger partial charge in [-0.2, -0.15) is 0 Å². The maximum Gasteiger partial charge on any atom is 0.573 e. The first-order valence-corrected chi connectivity index (χ1v) is 11.1. The van der Waals surface area contributed by atoms with Gasteiger partial charge in [0.15, 0.2) is 5.60 Å². The monoisotopic (exact) mass is 527 g/mol. The Kier molecular flexibility index (Phi) is 8.25. The number of rotatable bonds is 8. The number of ether oxygens (including phenoxy) is 3. The standard InChI is InChI=1S/C26H23F6NO4/c1-3-15-33-23(34)37-24(2,18-11-7-12-19(16-18)35-25(27,28)29)20-13-8-14-21(36-26(30,31)32)22(20)17-9-5-4-6-10-17/h4-14,16H,3,15H2,1-2H3,(H,33,34). The van der Waals surface area contributed by atoms with Gasteiger partial charge in [-0.3, -0.25) is 0 Å². The van der Waals surface area contributed by atoms with Crippen molar-refractivity contribution < 1.29 is 45.3 Å². The van der Waals surface area contributed by atoms with Gasteiger partial charge in [-0.25, -0.2) is 4.79 Å². The molecule has 1 N–H and O–H groups in total. The van der Waals surface area contributed by atoms with Gasteiger partial charge in [0, 0.05) is 23.2 Å². The Bertz CT molecular complexity index is 1210. The molecule has 0 saturated carbocycles. The Labute approximate surface area is 209 Å². The van der Waals surface area contributed by atoms with Gasteiger partial charge in [-0.15, -0.1) is 26.3 Å². The van der Waals surface area contributed by atoms with Gasteiger partial charge in [0.05, 0.1) is 0 Å². The Morgan fingerprint density at radius 3 is 2.11 bits per heavy atom. The number of nitrogens with one attached hydrogen (secondary N) is 1. The van der Waals surface area contributed by atoms with E-state index in [2.05, 4.69) is 14.8 Å². The van der Waals surface area contributed by atoms with Crippen LogP contribution >= 0.6 is 0 Å². The van der Waals surface area contributed by atoms with Crippen LogP contribution in [0.3, 0.4) is 0 Å². The molecule has 198 valence electrons. The van der Waals surface area contributed by atoms with Crippen molar-refractivity contribution in [2.24, 2.45) is 0 Å². The van der Waals surface area contributed by atoms with Crippen LogP contribution in [0.5, 0.6) is 11.5 Å². The first-order valence-electron chi connectivity index (χ1n) is 11.1. The molecule has 1 amide bonds. The van der Waals surface area contributed by atoms with Crippen LogP contribution < -0.4 is 14.8 Å². The molecule has 0 spiro atoms. The zero-order valence-corrected chi connectivity index (χ0v) is 19.7. The Balaban J connectivity index is 2.27. The largest absolute Gasteiger partial charge is 0.573 e. The molecule has 0 heterocycles. The molecule has 0 fully saturated rings. The number of benzene rings is 3. The molecule has 3 aromatic rings. The summed E-state index contributed by atoms with van der Waals surface area (Å²) < 4.78 is 92.6. The maximum absolute atomic E-state index is 13.3. The van der Waals surface area contributed by atoms with E-state index in [0.29, 0.717) is 12.0 Å². The lowest BCUT2D eigenvalue weighted by Gasteiger charge is -2.33. The summed E-state index contributed by atoms with van der Waals surface area (Å²) >= 11 is 0. The van der Waals surface area contributed by atoms with E-state index in [-0.39, 0.29) is 23.2 Å². The minimum atomic E-state index is -5.04. The molecule has 0 aliphatic carbocycles. The lowest BCUT2D eigenvalue weighted by atomic mass is 9.82. The van der Waals surface area contributed by atoms with Gasteiger partial charge in [-0.1, -0.05) is 61.5 Å². The second-order valence-electron chi connectivity index (χ2n) is 8.02. The topological polar surface area (TPSA) is 56.8 Å². The predicted molar refractivity (Wildman–Crippen MR) is 123 cm³/mol. The molecule has 0 saturated heterocycles. The molecule has 1 atom stereocenters. The molecule has 0 aliphatic rings. The quantitative estimate of drug-likeness (QED) is 0.308. The summed E-state index contributed by atoms with van der Waals surface area (Å²) in [6.45, 7) is 3.39. The zero-order valence-electron chi connectivity index (χ0n) is 19.7. The highest BCUT2D eigenvalue weighted by molar-refractivity contribution is 5.77. The molecule has 0 bridgehead atoms. The number of hydrogen-bond acceptors (Lipinski definition) is 4. The van der Waals surface area contributed by atoms with Crippen LogP contribution in [-0.2, 0) is 10.3 Å². The van der Waals surface area contributed by atoms with Crippen molar-refractivity contribution in [3.05, 3.63) is 83.9 Å². The summed E-state index contributed by atoms with van der Waals surface area (Å²) in [5.74, 6) is -1.18. The van der Waals surface area contributed by atoms with Gasteiger partial charge in [0.2, 0.25) is 0 Å². The predicted octanol–water partition coefficient (Wildman–Crippen LogP) is 7.55. The molecular formula is C26H23F6NO4. The third-order valence-corrected chi connectivity index (χ3v) is 5.26. The molecule has 11 heteroatoms. The number of hydrogen-bond donors (Lipinski definition) is 1. The Morgan fingerprint density at radius 2 is 1.49 bits per heavy atom. The van der Waals surface area contributed by atoms with Gasteiger partial charge >= 0.3 is 18.8 Å². The van der Waals surface area contributed by atoms with Gasteiger partial charge < -0.3 is 19.5 Å². The smallest absolute Gasteiger partial charge is 0.433 e. The average molecular weight is 527 g/mol. The van der Waals surface area contributed by atoms with Crippen LogP contribution in [0, 0.1) is 0 Å². The average Bonchev–Trinajstić information content (AvgIpc) is 2.81. The number of carbonyl (C=O) groups excluding carboxylic acids is 1. The van der Waals surface area contributed by atoms with Crippen LogP contribution in [-0.4, -0.2) is 25.4 Å². The SMILES string of the molecule is CCCNC(=O)OC(C)(c1cccc(OC(F)(F)F)c1)c1cccc(OC(F)(F)F)c1-c1ccccc1. The summed E-state index contributed by atoms with van der Waals surface area (Å²) in [5, 5.41) is 2.51. The lowest BCUT2D eigenvalue weighted by Crippen LogP contribution is -2.37. The molecule has 1 unspecified atom stereocenters. The van der Waals surface area contributed by atoms with E-state index in [1.54, 1.807) is 25.1 Å². The fourth-order valence-electron chi connectivity index (χ4n) is 3.75. The van der Waals surface area contributed by atoms with Crippen molar-refractivity contribution >= 4 is 6.09 Å². The summed E-state index contributed by atoms with van der Waals surface area (Å²) in [6.07, 6.45) is -10.4. The highest BCUT2D eigenvalue weighted by Gasteiger charge is 2.40. The van der Waals surface area contributed by atoms with Crippen molar-refractivity contribution in [2.45, 2.75) is 38.6 Å². The van der Waals surface area contributed by atoms with Crippen molar-refractivity contribution in [1.29, 1.82) is 0 Å². The van der Waals surface area contributed by atoms with Crippen molar-refractivity contribution in [1.82, 2.24) is 5.32 Å². The number of carbonyl (C=O) groups is 1. The fraction of sp³-hybridized carbons (Fsp3) is 0.269. The second-order valence-corrected chi connectivity index (χ2v) is 8.02. The van der Waals surface area contributed by atoms with E-state index in [4.69, 9.17) is 4.74 Å². The minimum absolute atomic E-state index is 0.0160. The molecule has 5 nitrogen and oxygen atoms in total. The first-order chi connectivity index (χ1) is 17.3. The highest BCUT2D eigenvalue weighted by atomic mass is 19.4. The van der Waals surface area contributed by atoms with Crippen LogP contribution in [0.1, 0.15) is 31.4 Å². The van der Waals surface area contributed by atoms with E-state index >= 15 is 0 Å². The molecule has 0 aromatic heterocycles. The van der Waals surface area contributed by atoms with Crippen molar-refractivity contribution in [3.63, 3.8) is 0 Å². The number of alkyl carbamates (subject to hydrolysis) is 1. The van der Waals surface area contributed by atoms with E-state index < -0.39 is 35.9 Å². The van der Waals surface area contributed by atoms with E-state index in [0.717, 1.165) is 18.2 Å². The van der Waals surface area contributed by atoms with Gasteiger partial charge in [0.1, 0.15) is 11.5 Å². The van der Waals surface area contributed by atoms with Gasteiger partial charge in [-0.05, 0) is 37.1 Å². The van der Waals surface area contributed by atoms with E-state index in [1.807, 2.05) is 0 Å². The molecule has 3 aromatic carbocycles. The van der Waals surface area contributed by atoms with Gasteiger partial charge in [0.25, 0.3) is 0 Å². The third-order valence-electron chi connectivity index (χ3n) is 5.26. The van der Waals surface area contributed by atoms with E-state index in [9.17, 15) is 31.1 Å². The van der Waals surface area contributed by atoms with Crippen LogP contribution in [0.2, 0.25) is 0 Å². The molecule has 3 rings (SSSR count). The Hall–Kier alpha value is -3.89.